The predicted molar refractivity (Wildman–Crippen MR) is 77.5 cm³/mol. The number of hydrogen-bond acceptors (Lipinski definition) is 3. The van der Waals surface area contributed by atoms with Crippen molar-refractivity contribution in [3.8, 4) is 0 Å². The van der Waals surface area contributed by atoms with Crippen molar-refractivity contribution >= 4 is 19.7 Å². The lowest BCUT2D eigenvalue weighted by molar-refractivity contribution is 0.0472. The maximum Gasteiger partial charge on any atom is 0.233 e. The fourth-order valence-electron chi connectivity index (χ4n) is 1.95. The van der Waals surface area contributed by atoms with Gasteiger partial charge in [-0.1, -0.05) is 27.7 Å². The van der Waals surface area contributed by atoms with Crippen LogP contribution < -0.4 is 0 Å². The van der Waals surface area contributed by atoms with Crippen LogP contribution in [0.5, 0.6) is 0 Å². The molecule has 0 spiro atoms. The van der Waals surface area contributed by atoms with Gasteiger partial charge in [0, 0.05) is 22.7 Å². The third-order valence-electron chi connectivity index (χ3n) is 3.46. The molecule has 0 aliphatic rings. The van der Waals surface area contributed by atoms with Gasteiger partial charge in [0.2, 0.25) is 9.05 Å². The Morgan fingerprint density at radius 1 is 1.22 bits per heavy atom. The minimum absolute atomic E-state index is 0.00125. The molecule has 110 valence electrons. The summed E-state index contributed by atoms with van der Waals surface area (Å²) in [6.45, 7) is 9.52. The smallest absolute Gasteiger partial charge is 0.233 e. The fourth-order valence-corrected chi connectivity index (χ4v) is 3.87. The van der Waals surface area contributed by atoms with Crippen LogP contribution in [0, 0.1) is 11.3 Å². The molecule has 5 heteroatoms. The van der Waals surface area contributed by atoms with Crippen LogP contribution in [0.3, 0.4) is 0 Å². The molecule has 0 heterocycles. The molecule has 0 aliphatic heterocycles. The van der Waals surface area contributed by atoms with Crippen LogP contribution in [0.1, 0.15) is 53.4 Å². The summed E-state index contributed by atoms with van der Waals surface area (Å²) in [5.74, 6) is 0.678. The van der Waals surface area contributed by atoms with Crippen molar-refractivity contribution in [1.29, 1.82) is 0 Å². The Labute approximate surface area is 117 Å². The van der Waals surface area contributed by atoms with Gasteiger partial charge in [-0.25, -0.2) is 8.42 Å². The average Bonchev–Trinajstić information content (AvgIpc) is 2.25. The fraction of sp³-hybridized carbons (Fsp3) is 1.00. The molecule has 3 nitrogen and oxygen atoms in total. The van der Waals surface area contributed by atoms with Gasteiger partial charge in [-0.05, 0) is 31.6 Å². The highest BCUT2D eigenvalue weighted by atomic mass is 35.7. The normalized spacial score (nSPS) is 13.2. The third kappa shape index (κ3) is 8.33. The quantitative estimate of drug-likeness (QED) is 0.455. The molecule has 0 aromatic carbocycles. The molecule has 0 saturated carbocycles. The Hall–Kier alpha value is 0.200. The molecule has 0 aromatic rings. The number of rotatable bonds is 10. The van der Waals surface area contributed by atoms with E-state index >= 15 is 0 Å². The van der Waals surface area contributed by atoms with E-state index in [0.29, 0.717) is 19.1 Å². The summed E-state index contributed by atoms with van der Waals surface area (Å²) in [7, 11) is 1.90. The molecule has 0 saturated heterocycles. The van der Waals surface area contributed by atoms with E-state index in [1.54, 1.807) is 0 Å². The largest absolute Gasteiger partial charge is 0.381 e. The minimum atomic E-state index is -3.47. The van der Waals surface area contributed by atoms with Crippen LogP contribution >= 0.6 is 10.7 Å². The minimum Gasteiger partial charge on any atom is -0.381 e. The van der Waals surface area contributed by atoms with Crippen LogP contribution in [0.2, 0.25) is 0 Å². The monoisotopic (exact) mass is 298 g/mol. The van der Waals surface area contributed by atoms with Gasteiger partial charge >= 0.3 is 0 Å². The van der Waals surface area contributed by atoms with Gasteiger partial charge in [-0.15, -0.1) is 0 Å². The zero-order valence-corrected chi connectivity index (χ0v) is 13.6. The lowest BCUT2D eigenvalue weighted by Crippen LogP contribution is -2.32. The van der Waals surface area contributed by atoms with E-state index in [-0.39, 0.29) is 11.2 Å². The zero-order valence-electron chi connectivity index (χ0n) is 12.0. The highest BCUT2D eigenvalue weighted by molar-refractivity contribution is 8.13. The topological polar surface area (TPSA) is 43.4 Å². The molecule has 0 N–H and O–H groups in total. The van der Waals surface area contributed by atoms with E-state index in [1.165, 1.54) is 0 Å². The van der Waals surface area contributed by atoms with Crippen molar-refractivity contribution < 1.29 is 13.2 Å². The van der Waals surface area contributed by atoms with Crippen molar-refractivity contribution in [3.63, 3.8) is 0 Å². The maximum absolute atomic E-state index is 11.3. The van der Waals surface area contributed by atoms with E-state index in [0.717, 1.165) is 25.7 Å². The number of hydrogen-bond donors (Lipinski definition) is 0. The van der Waals surface area contributed by atoms with Crippen LogP contribution in [-0.2, 0) is 13.8 Å². The van der Waals surface area contributed by atoms with Gasteiger partial charge in [-0.2, -0.15) is 0 Å². The Bertz CT molecular complexity index is 308. The van der Waals surface area contributed by atoms with Gasteiger partial charge in [0.05, 0.1) is 12.4 Å². The van der Waals surface area contributed by atoms with Gasteiger partial charge in [-0.3, -0.25) is 0 Å². The first-order chi connectivity index (χ1) is 8.24. The molecule has 0 fully saturated rings. The molecule has 0 radical (unpaired) electrons. The van der Waals surface area contributed by atoms with Crippen LogP contribution in [-0.4, -0.2) is 27.4 Å². The summed E-state index contributed by atoms with van der Waals surface area (Å²) in [4.78, 5) is 0. The Balaban J connectivity index is 4.19. The average molecular weight is 299 g/mol. The van der Waals surface area contributed by atoms with Gasteiger partial charge < -0.3 is 4.74 Å². The summed E-state index contributed by atoms with van der Waals surface area (Å²) in [6, 6.07) is 0. The second kappa shape index (κ2) is 8.39. The van der Waals surface area contributed by atoms with Crippen LogP contribution in [0.4, 0.5) is 0 Å². The van der Waals surface area contributed by atoms with Gasteiger partial charge in [0.1, 0.15) is 0 Å². The zero-order chi connectivity index (χ0) is 14.2. The highest BCUT2D eigenvalue weighted by Crippen LogP contribution is 2.30. The Morgan fingerprint density at radius 2 is 1.78 bits per heavy atom. The Morgan fingerprint density at radius 3 is 2.17 bits per heavy atom. The molecule has 0 amide bonds. The van der Waals surface area contributed by atoms with Gasteiger partial charge in [0.15, 0.2) is 0 Å². The van der Waals surface area contributed by atoms with Crippen molar-refractivity contribution in [2.24, 2.45) is 11.3 Å². The summed E-state index contributed by atoms with van der Waals surface area (Å²) in [5, 5.41) is 0. The molecule has 0 rings (SSSR count). The SMILES string of the molecule is CCC(CC)(COCCCC(C)C)CS(=O)(=O)Cl. The number of halogens is 1. The summed E-state index contributed by atoms with van der Waals surface area (Å²) in [6.07, 6.45) is 3.69. The molecular formula is C13H27ClO3S. The van der Waals surface area contributed by atoms with E-state index in [1.807, 2.05) is 13.8 Å². The first kappa shape index (κ1) is 18.2. The van der Waals surface area contributed by atoms with E-state index in [4.69, 9.17) is 15.4 Å². The van der Waals surface area contributed by atoms with Gasteiger partial charge in [0.25, 0.3) is 0 Å². The molecule has 18 heavy (non-hydrogen) atoms. The van der Waals surface area contributed by atoms with Crippen molar-refractivity contribution in [2.45, 2.75) is 53.4 Å². The van der Waals surface area contributed by atoms with Crippen LogP contribution in [0.15, 0.2) is 0 Å². The molecule has 0 bridgehead atoms. The summed E-state index contributed by atoms with van der Waals surface area (Å²) in [5.41, 5.74) is -0.335. The standard InChI is InChI=1S/C13H27ClO3S/c1-5-13(6-2,11-18(14,15)16)10-17-9-7-8-12(3)4/h12H,5-11H2,1-4H3. The molecule has 0 aromatic heterocycles. The second-order valence-electron chi connectivity index (χ2n) is 5.48. The lowest BCUT2D eigenvalue weighted by atomic mass is 9.85. The number of ether oxygens (including phenoxy) is 1. The highest BCUT2D eigenvalue weighted by Gasteiger charge is 2.31. The molecule has 0 aliphatic carbocycles. The van der Waals surface area contributed by atoms with Crippen LogP contribution in [0.25, 0.3) is 0 Å². The summed E-state index contributed by atoms with van der Waals surface area (Å²) < 4.78 is 28.2. The lowest BCUT2D eigenvalue weighted by Gasteiger charge is -2.30. The summed E-state index contributed by atoms with van der Waals surface area (Å²) >= 11 is 0. The van der Waals surface area contributed by atoms with E-state index in [2.05, 4.69) is 13.8 Å². The van der Waals surface area contributed by atoms with Crippen molar-refractivity contribution in [3.05, 3.63) is 0 Å². The third-order valence-corrected chi connectivity index (χ3v) is 4.74. The molecule has 0 atom stereocenters. The van der Waals surface area contributed by atoms with Crippen molar-refractivity contribution in [2.75, 3.05) is 19.0 Å². The molecular weight excluding hydrogens is 272 g/mol. The first-order valence-electron chi connectivity index (χ1n) is 6.75. The van der Waals surface area contributed by atoms with E-state index in [9.17, 15) is 8.42 Å². The predicted octanol–water partition coefficient (Wildman–Crippen LogP) is 3.81. The first-order valence-corrected chi connectivity index (χ1v) is 9.22. The maximum atomic E-state index is 11.3. The Kier molecular flexibility index (Phi) is 8.48. The second-order valence-corrected chi connectivity index (χ2v) is 8.26. The van der Waals surface area contributed by atoms with Crippen molar-refractivity contribution in [1.82, 2.24) is 0 Å². The molecule has 0 unspecified atom stereocenters. The van der Waals surface area contributed by atoms with E-state index < -0.39 is 9.05 Å².